The van der Waals surface area contributed by atoms with Gasteiger partial charge in [0.15, 0.2) is 11.6 Å². The molecular weight excluding hydrogens is 222 g/mol. The maximum atomic E-state index is 5.33. The average molecular weight is 241 g/mol. The molecule has 7 nitrogen and oxygen atoms in total. The quantitative estimate of drug-likeness (QED) is 0.496. The van der Waals surface area contributed by atoms with Crippen LogP contribution in [-0.2, 0) is 4.74 Å². The molecule has 96 valence electrons. The molecule has 0 amide bonds. The number of aromatic nitrogens is 2. The van der Waals surface area contributed by atoms with Gasteiger partial charge in [-0.15, -0.1) is 0 Å². The Hall–Kier alpha value is -1.60. The lowest BCUT2D eigenvalue weighted by atomic mass is 10.1. The second-order valence-corrected chi connectivity index (χ2v) is 4.07. The van der Waals surface area contributed by atoms with E-state index in [1.54, 1.807) is 7.11 Å². The van der Waals surface area contributed by atoms with E-state index in [0.717, 1.165) is 0 Å². The van der Waals surface area contributed by atoms with Crippen molar-refractivity contribution >= 4 is 11.6 Å². The van der Waals surface area contributed by atoms with Gasteiger partial charge in [0.2, 0.25) is 5.75 Å². The summed E-state index contributed by atoms with van der Waals surface area (Å²) >= 11 is 0. The number of anilines is 2. The maximum Gasteiger partial charge on any atom is 0.205 e. The largest absolute Gasteiger partial charge is 0.490 e. The number of rotatable bonds is 6. The minimum Gasteiger partial charge on any atom is -0.490 e. The van der Waals surface area contributed by atoms with Gasteiger partial charge in [0.25, 0.3) is 0 Å². The first kappa shape index (κ1) is 13.5. The molecule has 0 aromatic carbocycles. The molecular formula is C10H19N5O2. The van der Waals surface area contributed by atoms with E-state index in [1.807, 2.05) is 13.8 Å². The van der Waals surface area contributed by atoms with Crippen LogP contribution in [0.3, 0.4) is 0 Å². The molecule has 0 fully saturated rings. The number of hydrazine groups is 1. The molecule has 0 saturated carbocycles. The summed E-state index contributed by atoms with van der Waals surface area (Å²) in [4.78, 5) is 8.05. The molecule has 0 aliphatic carbocycles. The highest BCUT2D eigenvalue weighted by atomic mass is 16.5. The van der Waals surface area contributed by atoms with Crippen molar-refractivity contribution in [2.75, 3.05) is 31.5 Å². The third-order valence-corrected chi connectivity index (χ3v) is 2.38. The summed E-state index contributed by atoms with van der Waals surface area (Å²) in [5, 5.41) is 3.13. The molecule has 1 heterocycles. The predicted molar refractivity (Wildman–Crippen MR) is 66.0 cm³/mol. The lowest BCUT2D eigenvalue weighted by Crippen LogP contribution is -2.32. The molecule has 4 N–H and O–H groups in total. The molecule has 1 aromatic rings. The van der Waals surface area contributed by atoms with E-state index in [1.165, 1.54) is 13.4 Å². The van der Waals surface area contributed by atoms with Crippen LogP contribution < -0.4 is 21.3 Å². The summed E-state index contributed by atoms with van der Waals surface area (Å²) in [5.41, 5.74) is 2.15. The van der Waals surface area contributed by atoms with Gasteiger partial charge < -0.3 is 20.2 Å². The monoisotopic (exact) mass is 241 g/mol. The summed E-state index contributed by atoms with van der Waals surface area (Å²) < 4.78 is 10.5. The highest BCUT2D eigenvalue weighted by molar-refractivity contribution is 5.63. The number of nitrogens with two attached hydrogens (primary N) is 1. The number of ether oxygens (including phenoxy) is 2. The zero-order chi connectivity index (χ0) is 12.9. The number of hydrogen-bond donors (Lipinski definition) is 3. The van der Waals surface area contributed by atoms with E-state index in [9.17, 15) is 0 Å². The van der Waals surface area contributed by atoms with Gasteiger partial charge in [0.1, 0.15) is 6.33 Å². The second-order valence-electron chi connectivity index (χ2n) is 4.07. The first-order chi connectivity index (χ1) is 8.04. The van der Waals surface area contributed by atoms with Crippen LogP contribution in [0.5, 0.6) is 5.75 Å². The van der Waals surface area contributed by atoms with Crippen molar-refractivity contribution < 1.29 is 9.47 Å². The highest BCUT2D eigenvalue weighted by Crippen LogP contribution is 2.28. The number of nitrogens with one attached hydrogen (secondary N) is 2. The van der Waals surface area contributed by atoms with Crippen molar-refractivity contribution in [3.63, 3.8) is 0 Å². The number of methoxy groups -OCH3 is 2. The van der Waals surface area contributed by atoms with E-state index >= 15 is 0 Å². The van der Waals surface area contributed by atoms with Gasteiger partial charge in [-0.3, -0.25) is 0 Å². The fourth-order valence-electron chi connectivity index (χ4n) is 1.16. The average Bonchev–Trinajstić information content (AvgIpc) is 2.35. The molecule has 0 bridgehead atoms. The van der Waals surface area contributed by atoms with Crippen LogP contribution in [0.1, 0.15) is 13.8 Å². The van der Waals surface area contributed by atoms with E-state index < -0.39 is 0 Å². The number of hydrogen-bond acceptors (Lipinski definition) is 7. The van der Waals surface area contributed by atoms with Crippen LogP contribution in [0.15, 0.2) is 6.33 Å². The van der Waals surface area contributed by atoms with Gasteiger partial charge >= 0.3 is 0 Å². The van der Waals surface area contributed by atoms with Crippen LogP contribution in [0.25, 0.3) is 0 Å². The molecule has 0 spiro atoms. The standard InChI is InChI=1S/C10H19N5O2/c1-10(2,17-4)5-12-8-7(16-3)9(15-11)14-6-13-8/h6H,5,11H2,1-4H3,(H2,12,13,14,15). The van der Waals surface area contributed by atoms with E-state index in [-0.39, 0.29) is 5.60 Å². The Morgan fingerprint density at radius 3 is 2.47 bits per heavy atom. The Morgan fingerprint density at radius 2 is 1.94 bits per heavy atom. The Morgan fingerprint density at radius 1 is 1.29 bits per heavy atom. The van der Waals surface area contributed by atoms with Gasteiger partial charge in [-0.2, -0.15) is 0 Å². The zero-order valence-electron chi connectivity index (χ0n) is 10.6. The molecule has 1 aromatic heterocycles. The van der Waals surface area contributed by atoms with Crippen LogP contribution >= 0.6 is 0 Å². The first-order valence-corrected chi connectivity index (χ1v) is 5.18. The summed E-state index contributed by atoms with van der Waals surface area (Å²) in [6, 6.07) is 0. The van der Waals surface area contributed by atoms with Crippen molar-refractivity contribution in [3.8, 4) is 5.75 Å². The zero-order valence-corrected chi connectivity index (χ0v) is 10.6. The van der Waals surface area contributed by atoms with Crippen molar-refractivity contribution in [2.24, 2.45) is 5.84 Å². The summed E-state index contributed by atoms with van der Waals surface area (Å²) in [6.07, 6.45) is 1.40. The SMILES string of the molecule is COc1c(NN)ncnc1NCC(C)(C)OC. The van der Waals surface area contributed by atoms with Crippen LogP contribution in [0, 0.1) is 0 Å². The van der Waals surface area contributed by atoms with Crippen LogP contribution in [0.2, 0.25) is 0 Å². The van der Waals surface area contributed by atoms with Gasteiger partial charge in [-0.1, -0.05) is 0 Å². The third-order valence-electron chi connectivity index (χ3n) is 2.38. The van der Waals surface area contributed by atoms with Crippen molar-refractivity contribution in [1.82, 2.24) is 9.97 Å². The van der Waals surface area contributed by atoms with Gasteiger partial charge in [-0.05, 0) is 13.8 Å². The predicted octanol–water partition coefficient (Wildman–Crippen LogP) is 0.608. The first-order valence-electron chi connectivity index (χ1n) is 5.18. The molecule has 17 heavy (non-hydrogen) atoms. The molecule has 0 saturated heterocycles. The molecule has 0 aliphatic heterocycles. The maximum absolute atomic E-state index is 5.33. The van der Waals surface area contributed by atoms with Crippen molar-refractivity contribution in [3.05, 3.63) is 6.33 Å². The summed E-state index contributed by atoms with van der Waals surface area (Å²) in [7, 11) is 3.19. The Labute approximate surface area is 101 Å². The fourth-order valence-corrected chi connectivity index (χ4v) is 1.16. The summed E-state index contributed by atoms with van der Waals surface area (Å²) in [5.74, 6) is 6.81. The van der Waals surface area contributed by atoms with E-state index in [2.05, 4.69) is 20.7 Å². The van der Waals surface area contributed by atoms with E-state index in [0.29, 0.717) is 23.9 Å². The molecule has 7 heteroatoms. The van der Waals surface area contributed by atoms with Crippen LogP contribution in [0.4, 0.5) is 11.6 Å². The normalized spacial score (nSPS) is 11.1. The minimum absolute atomic E-state index is 0.299. The fraction of sp³-hybridized carbons (Fsp3) is 0.600. The van der Waals surface area contributed by atoms with Crippen molar-refractivity contribution in [1.29, 1.82) is 0 Å². The third kappa shape index (κ3) is 3.43. The van der Waals surface area contributed by atoms with Crippen LogP contribution in [-0.4, -0.2) is 36.3 Å². The number of nitrogen functional groups attached to an aromatic ring is 1. The molecule has 0 unspecified atom stereocenters. The topological polar surface area (TPSA) is 94.3 Å². The number of nitrogens with zero attached hydrogens (tertiary/aromatic N) is 2. The Bertz CT molecular complexity index is 370. The lowest BCUT2D eigenvalue weighted by molar-refractivity contribution is 0.0343. The highest BCUT2D eigenvalue weighted by Gasteiger charge is 2.18. The minimum atomic E-state index is -0.299. The molecule has 0 atom stereocenters. The van der Waals surface area contributed by atoms with E-state index in [4.69, 9.17) is 15.3 Å². The Balaban J connectivity index is 2.84. The van der Waals surface area contributed by atoms with Gasteiger partial charge in [0.05, 0.1) is 12.7 Å². The molecule has 0 aliphatic rings. The smallest absolute Gasteiger partial charge is 0.205 e. The molecule has 0 radical (unpaired) electrons. The second kappa shape index (κ2) is 5.65. The van der Waals surface area contributed by atoms with Crippen molar-refractivity contribution in [2.45, 2.75) is 19.4 Å². The summed E-state index contributed by atoms with van der Waals surface area (Å²) in [6.45, 7) is 4.52. The Kier molecular flexibility index (Phi) is 4.47. The molecule has 1 rings (SSSR count). The lowest BCUT2D eigenvalue weighted by Gasteiger charge is -2.24. The van der Waals surface area contributed by atoms with Gasteiger partial charge in [-0.25, -0.2) is 15.8 Å². The van der Waals surface area contributed by atoms with Gasteiger partial charge in [0, 0.05) is 13.7 Å².